The van der Waals surface area contributed by atoms with Crippen LogP contribution in [0.1, 0.15) is 33.3 Å². The lowest BCUT2D eigenvalue weighted by Crippen LogP contribution is -2.22. The number of hydrogen-bond acceptors (Lipinski definition) is 2. The van der Waals surface area contributed by atoms with Gasteiger partial charge in [-0.15, -0.1) is 0 Å². The predicted octanol–water partition coefficient (Wildman–Crippen LogP) is 3.28. The first-order valence-corrected chi connectivity index (χ1v) is 7.33. The third kappa shape index (κ3) is 2.63. The van der Waals surface area contributed by atoms with Crippen LogP contribution in [0.25, 0.3) is 10.2 Å². The van der Waals surface area contributed by atoms with Gasteiger partial charge in [0, 0.05) is 12.5 Å². The van der Waals surface area contributed by atoms with Crippen LogP contribution in [0.3, 0.4) is 0 Å². The van der Waals surface area contributed by atoms with Crippen molar-refractivity contribution >= 4 is 27.5 Å². The molecule has 1 aromatic carbocycles. The second-order valence-corrected chi connectivity index (χ2v) is 6.74. The Hall–Kier alpha value is -1.42. The summed E-state index contributed by atoms with van der Waals surface area (Å²) in [4.78, 5) is 17.1. The van der Waals surface area contributed by atoms with Crippen LogP contribution in [0.5, 0.6) is 0 Å². The molecule has 0 atom stereocenters. The highest BCUT2D eigenvalue weighted by molar-refractivity contribution is 7.16. The molecule has 0 saturated heterocycles. The second-order valence-electron chi connectivity index (χ2n) is 5.73. The van der Waals surface area contributed by atoms with E-state index < -0.39 is 5.41 Å². The van der Waals surface area contributed by atoms with Crippen molar-refractivity contribution in [2.24, 2.45) is 17.5 Å². The topological polar surface area (TPSA) is 34.4 Å². The molecule has 0 fully saturated rings. The van der Waals surface area contributed by atoms with Gasteiger partial charge in [-0.2, -0.15) is 4.99 Å². The first kappa shape index (κ1) is 14.0. The molecule has 0 aliphatic heterocycles. The van der Waals surface area contributed by atoms with Gasteiger partial charge in [0.2, 0.25) is 0 Å². The number of amides is 1. The molecule has 0 N–H and O–H groups in total. The lowest BCUT2D eigenvalue weighted by Gasteiger charge is -2.11. The molecule has 102 valence electrons. The smallest absolute Gasteiger partial charge is 0.253 e. The maximum atomic E-state index is 12.0. The van der Waals surface area contributed by atoms with E-state index in [1.807, 2.05) is 32.4 Å². The standard InChI is InChI=1S/C15H20N2OS/c1-6-10-8-7-9-11-12(10)17(5)14(19-11)16-13(18)15(2,3)4/h7-9H,6H2,1-5H3. The van der Waals surface area contributed by atoms with Crippen LogP contribution in [0, 0.1) is 5.41 Å². The Bertz CT molecular complexity index is 686. The maximum absolute atomic E-state index is 12.0. The van der Waals surface area contributed by atoms with Crippen molar-refractivity contribution in [2.45, 2.75) is 34.1 Å². The predicted molar refractivity (Wildman–Crippen MR) is 80.2 cm³/mol. The summed E-state index contributed by atoms with van der Waals surface area (Å²) in [6.45, 7) is 7.82. The van der Waals surface area contributed by atoms with Crippen LogP contribution in [0.2, 0.25) is 0 Å². The van der Waals surface area contributed by atoms with Crippen molar-refractivity contribution in [1.82, 2.24) is 4.57 Å². The number of para-hydroxylation sites is 1. The molecular formula is C15H20N2OS. The number of fused-ring (bicyclic) bond motifs is 1. The number of thiazole rings is 1. The Balaban J connectivity index is 2.67. The van der Waals surface area contributed by atoms with Gasteiger partial charge in [-0.05, 0) is 18.1 Å². The molecule has 0 aliphatic carbocycles. The quantitative estimate of drug-likeness (QED) is 0.787. The summed E-state index contributed by atoms with van der Waals surface area (Å²) in [7, 11) is 1.98. The Labute approximate surface area is 117 Å². The molecule has 1 heterocycles. The summed E-state index contributed by atoms with van der Waals surface area (Å²) in [6.07, 6.45) is 0.981. The van der Waals surface area contributed by atoms with Crippen LogP contribution in [-0.4, -0.2) is 10.5 Å². The second kappa shape index (κ2) is 4.93. The average Bonchev–Trinajstić information content (AvgIpc) is 2.65. The molecule has 0 spiro atoms. The number of carbonyl (C=O) groups excluding carboxylic acids is 1. The minimum absolute atomic E-state index is 0.0762. The highest BCUT2D eigenvalue weighted by atomic mass is 32.1. The summed E-state index contributed by atoms with van der Waals surface area (Å²) in [6, 6.07) is 6.27. The molecule has 0 saturated carbocycles. The Morgan fingerprint density at radius 2 is 2.05 bits per heavy atom. The number of aryl methyl sites for hydroxylation is 2. The summed E-state index contributed by atoms with van der Waals surface area (Å²) in [5, 5.41) is 0. The first-order chi connectivity index (χ1) is 8.84. The molecule has 2 rings (SSSR count). The molecule has 0 aliphatic rings. The highest BCUT2D eigenvalue weighted by Crippen LogP contribution is 2.21. The van der Waals surface area contributed by atoms with E-state index in [2.05, 4.69) is 30.1 Å². The molecule has 0 radical (unpaired) electrons. The van der Waals surface area contributed by atoms with E-state index in [1.165, 1.54) is 15.8 Å². The van der Waals surface area contributed by atoms with Crippen molar-refractivity contribution in [2.75, 3.05) is 0 Å². The van der Waals surface area contributed by atoms with Crippen molar-refractivity contribution in [1.29, 1.82) is 0 Å². The first-order valence-electron chi connectivity index (χ1n) is 6.51. The van der Waals surface area contributed by atoms with E-state index >= 15 is 0 Å². The van der Waals surface area contributed by atoms with Gasteiger partial charge < -0.3 is 4.57 Å². The third-order valence-corrected chi connectivity index (χ3v) is 4.22. The lowest BCUT2D eigenvalue weighted by molar-refractivity contribution is -0.125. The van der Waals surface area contributed by atoms with Crippen molar-refractivity contribution in [3.8, 4) is 0 Å². The minimum atomic E-state index is -0.434. The molecular weight excluding hydrogens is 256 g/mol. The highest BCUT2D eigenvalue weighted by Gasteiger charge is 2.21. The fraction of sp³-hybridized carbons (Fsp3) is 0.467. The SMILES string of the molecule is CCc1cccc2sc(=NC(=O)C(C)(C)C)n(C)c12. The van der Waals surface area contributed by atoms with E-state index in [-0.39, 0.29) is 5.91 Å². The molecule has 1 aromatic heterocycles. The number of rotatable bonds is 1. The van der Waals surface area contributed by atoms with Gasteiger partial charge in [-0.3, -0.25) is 4.79 Å². The largest absolute Gasteiger partial charge is 0.319 e. The molecule has 0 bridgehead atoms. The van der Waals surface area contributed by atoms with Crippen LogP contribution < -0.4 is 4.80 Å². The number of nitrogens with zero attached hydrogens (tertiary/aromatic N) is 2. The summed E-state index contributed by atoms with van der Waals surface area (Å²) >= 11 is 1.57. The van der Waals surface area contributed by atoms with Crippen molar-refractivity contribution in [3.63, 3.8) is 0 Å². The summed E-state index contributed by atoms with van der Waals surface area (Å²) in [5.41, 5.74) is 2.05. The number of aromatic nitrogens is 1. The average molecular weight is 276 g/mol. The van der Waals surface area contributed by atoms with Crippen LogP contribution >= 0.6 is 11.3 Å². The van der Waals surface area contributed by atoms with Gasteiger partial charge in [-0.25, -0.2) is 0 Å². The van der Waals surface area contributed by atoms with E-state index in [1.54, 1.807) is 11.3 Å². The number of benzene rings is 1. The van der Waals surface area contributed by atoms with Gasteiger partial charge in [0.25, 0.3) is 5.91 Å². The zero-order valence-electron chi connectivity index (χ0n) is 12.2. The van der Waals surface area contributed by atoms with Gasteiger partial charge in [0.1, 0.15) is 0 Å². The summed E-state index contributed by atoms with van der Waals surface area (Å²) < 4.78 is 3.21. The normalized spacial score (nSPS) is 13.2. The van der Waals surface area contributed by atoms with E-state index in [9.17, 15) is 4.79 Å². The number of hydrogen-bond donors (Lipinski definition) is 0. The van der Waals surface area contributed by atoms with Crippen LogP contribution in [-0.2, 0) is 18.3 Å². The van der Waals surface area contributed by atoms with E-state index in [0.29, 0.717) is 0 Å². The van der Waals surface area contributed by atoms with Crippen molar-refractivity contribution < 1.29 is 4.79 Å². The van der Waals surface area contributed by atoms with Crippen LogP contribution in [0.15, 0.2) is 23.2 Å². The maximum Gasteiger partial charge on any atom is 0.253 e. The van der Waals surface area contributed by atoms with E-state index in [4.69, 9.17) is 0 Å². The molecule has 0 unspecified atom stereocenters. The fourth-order valence-corrected chi connectivity index (χ4v) is 3.00. The monoisotopic (exact) mass is 276 g/mol. The van der Waals surface area contributed by atoms with Crippen LogP contribution in [0.4, 0.5) is 0 Å². The lowest BCUT2D eigenvalue weighted by atomic mass is 9.96. The third-order valence-electron chi connectivity index (χ3n) is 3.13. The molecule has 19 heavy (non-hydrogen) atoms. The van der Waals surface area contributed by atoms with Gasteiger partial charge in [-0.1, -0.05) is 51.2 Å². The van der Waals surface area contributed by atoms with Gasteiger partial charge >= 0.3 is 0 Å². The van der Waals surface area contributed by atoms with Gasteiger partial charge in [0.15, 0.2) is 4.80 Å². The molecule has 3 nitrogen and oxygen atoms in total. The zero-order chi connectivity index (χ0) is 14.2. The van der Waals surface area contributed by atoms with Crippen molar-refractivity contribution in [3.05, 3.63) is 28.6 Å². The minimum Gasteiger partial charge on any atom is -0.319 e. The molecule has 2 aromatic rings. The Morgan fingerprint density at radius 1 is 1.37 bits per heavy atom. The Morgan fingerprint density at radius 3 is 2.63 bits per heavy atom. The fourth-order valence-electron chi connectivity index (χ4n) is 1.93. The van der Waals surface area contributed by atoms with E-state index in [0.717, 1.165) is 11.2 Å². The molecule has 1 amide bonds. The molecule has 4 heteroatoms. The summed E-state index contributed by atoms with van der Waals surface area (Å²) in [5.74, 6) is -0.0762. The zero-order valence-corrected chi connectivity index (χ0v) is 13.0. The Kier molecular flexibility index (Phi) is 3.63. The number of carbonyl (C=O) groups is 1. The van der Waals surface area contributed by atoms with Gasteiger partial charge in [0.05, 0.1) is 10.2 Å².